The Labute approximate surface area is 198 Å². The number of benzene rings is 3. The topological polar surface area (TPSA) is 58.6 Å². The minimum absolute atomic E-state index is 0.0606. The first-order valence-electron chi connectivity index (χ1n) is 7.91. The Morgan fingerprint density at radius 1 is 0.926 bits per heavy atom. The fourth-order valence-electron chi connectivity index (χ4n) is 2.39. The zero-order valence-electron chi connectivity index (χ0n) is 13.9. The Balaban J connectivity index is 1.74. The Morgan fingerprint density at radius 3 is 2.22 bits per heavy atom. The van der Waals surface area contributed by atoms with E-state index in [2.05, 4.69) is 73.1 Å². The van der Waals surface area contributed by atoms with Crippen LogP contribution in [0.5, 0.6) is 17.2 Å². The van der Waals surface area contributed by atoms with E-state index in [1.165, 1.54) is 0 Å². The first-order valence-corrected chi connectivity index (χ1v) is 11.1. The molecule has 0 spiro atoms. The molecule has 3 rings (SSSR count). The van der Waals surface area contributed by atoms with Crippen molar-refractivity contribution in [2.75, 3.05) is 5.32 Å². The number of amides is 1. The van der Waals surface area contributed by atoms with Crippen molar-refractivity contribution in [2.24, 2.45) is 0 Å². The van der Waals surface area contributed by atoms with Crippen LogP contribution in [0.25, 0.3) is 0 Å². The summed E-state index contributed by atoms with van der Waals surface area (Å²) in [5.74, 6) is 1.56. The van der Waals surface area contributed by atoms with Crippen LogP contribution in [0.1, 0.15) is 5.56 Å². The van der Waals surface area contributed by atoms with Gasteiger partial charge < -0.3 is 15.2 Å². The average Bonchev–Trinajstić information content (AvgIpc) is 2.62. The van der Waals surface area contributed by atoms with E-state index in [1.807, 2.05) is 42.5 Å². The predicted octanol–water partition coefficient (Wildman–Crippen LogP) is 6.18. The summed E-state index contributed by atoms with van der Waals surface area (Å²) in [5.41, 5.74) is 1.71. The summed E-state index contributed by atoms with van der Waals surface area (Å²) >= 11 is 6.48. The lowest BCUT2D eigenvalue weighted by atomic mass is 10.1. The van der Waals surface area contributed by atoms with Crippen molar-refractivity contribution in [1.82, 2.24) is 0 Å². The van der Waals surface area contributed by atoms with E-state index in [-0.39, 0.29) is 18.1 Å². The van der Waals surface area contributed by atoms with Gasteiger partial charge in [-0.15, -0.1) is 0 Å². The van der Waals surface area contributed by atoms with Crippen molar-refractivity contribution >= 4 is 79.4 Å². The van der Waals surface area contributed by atoms with Crippen molar-refractivity contribution in [3.63, 3.8) is 0 Å². The first-order chi connectivity index (χ1) is 12.9. The second kappa shape index (κ2) is 9.41. The number of carbonyl (C=O) groups is 1. The molecular weight excluding hydrogens is 683 g/mol. The van der Waals surface area contributed by atoms with Crippen LogP contribution in [0.2, 0.25) is 0 Å². The SMILES string of the molecule is O=C(Cc1cc(I)c(Oc2ccc(O)c(I)c2)c(I)c1)Nc1ccccc1. The molecule has 0 aromatic heterocycles. The summed E-state index contributed by atoms with van der Waals surface area (Å²) in [7, 11) is 0. The van der Waals surface area contributed by atoms with Gasteiger partial charge in [0.2, 0.25) is 5.91 Å². The van der Waals surface area contributed by atoms with E-state index in [0.717, 1.165) is 27.7 Å². The van der Waals surface area contributed by atoms with Crippen LogP contribution in [0.3, 0.4) is 0 Å². The van der Waals surface area contributed by atoms with Crippen LogP contribution in [0, 0.1) is 10.7 Å². The molecule has 138 valence electrons. The van der Waals surface area contributed by atoms with Crippen LogP contribution in [-0.2, 0) is 11.2 Å². The summed E-state index contributed by atoms with van der Waals surface area (Å²) < 4.78 is 8.57. The maximum absolute atomic E-state index is 12.3. The van der Waals surface area contributed by atoms with E-state index in [9.17, 15) is 9.90 Å². The third kappa shape index (κ3) is 5.70. The van der Waals surface area contributed by atoms with Gasteiger partial charge in [0, 0.05) is 5.69 Å². The third-order valence-corrected chi connectivity index (χ3v) is 6.09. The molecule has 0 bridgehead atoms. The third-order valence-electron chi connectivity index (χ3n) is 3.62. The van der Waals surface area contributed by atoms with E-state index in [1.54, 1.807) is 18.2 Å². The lowest BCUT2D eigenvalue weighted by Gasteiger charge is -2.13. The summed E-state index contributed by atoms with van der Waals surface area (Å²) in [4.78, 5) is 12.3. The molecule has 0 saturated heterocycles. The normalized spacial score (nSPS) is 10.5. The van der Waals surface area contributed by atoms with Gasteiger partial charge in [0.05, 0.1) is 17.1 Å². The number of aromatic hydroxyl groups is 1. The summed E-state index contributed by atoms with van der Waals surface area (Å²) in [6.07, 6.45) is 0.290. The number of carbonyl (C=O) groups excluding carboxylic acids is 1. The highest BCUT2D eigenvalue weighted by atomic mass is 127. The highest BCUT2D eigenvalue weighted by Crippen LogP contribution is 2.34. The molecule has 3 aromatic rings. The number of hydrogen-bond donors (Lipinski definition) is 2. The molecule has 0 aliphatic carbocycles. The zero-order chi connectivity index (χ0) is 19.4. The molecular formula is C20H14I3NO3. The van der Waals surface area contributed by atoms with Gasteiger partial charge in [-0.3, -0.25) is 4.79 Å². The highest BCUT2D eigenvalue weighted by Gasteiger charge is 2.13. The molecule has 27 heavy (non-hydrogen) atoms. The largest absolute Gasteiger partial charge is 0.507 e. The molecule has 0 saturated carbocycles. The molecule has 7 heteroatoms. The molecule has 0 heterocycles. The minimum atomic E-state index is -0.0606. The van der Waals surface area contributed by atoms with Gasteiger partial charge in [0.1, 0.15) is 11.5 Å². The van der Waals surface area contributed by atoms with Crippen LogP contribution in [0.15, 0.2) is 60.7 Å². The number of phenols is 1. The fourth-order valence-corrected chi connectivity index (χ4v) is 5.00. The van der Waals surface area contributed by atoms with Crippen LogP contribution in [0.4, 0.5) is 5.69 Å². The molecule has 3 aromatic carbocycles. The second-order valence-corrected chi connectivity index (χ2v) is 9.18. The smallest absolute Gasteiger partial charge is 0.228 e. The van der Waals surface area contributed by atoms with Crippen molar-refractivity contribution in [2.45, 2.75) is 6.42 Å². The number of rotatable bonds is 5. The molecule has 0 aliphatic heterocycles. The lowest BCUT2D eigenvalue weighted by molar-refractivity contribution is -0.115. The number of halogens is 3. The zero-order valence-corrected chi connectivity index (χ0v) is 20.4. The highest BCUT2D eigenvalue weighted by molar-refractivity contribution is 14.1. The monoisotopic (exact) mass is 697 g/mol. The molecule has 2 N–H and O–H groups in total. The maximum atomic E-state index is 12.3. The molecule has 0 radical (unpaired) electrons. The number of ether oxygens (including phenoxy) is 1. The fraction of sp³-hybridized carbons (Fsp3) is 0.0500. The minimum Gasteiger partial charge on any atom is -0.507 e. The van der Waals surface area contributed by atoms with Gasteiger partial charge in [-0.25, -0.2) is 0 Å². The van der Waals surface area contributed by atoms with E-state index >= 15 is 0 Å². The molecule has 0 aliphatic rings. The second-order valence-electron chi connectivity index (χ2n) is 5.69. The first kappa shape index (κ1) is 20.6. The van der Waals surface area contributed by atoms with Crippen molar-refractivity contribution in [3.8, 4) is 17.2 Å². The van der Waals surface area contributed by atoms with E-state index in [4.69, 9.17) is 4.74 Å². The van der Waals surface area contributed by atoms with Gasteiger partial charge in [0.25, 0.3) is 0 Å². The number of nitrogens with one attached hydrogen (secondary N) is 1. The molecule has 0 fully saturated rings. The molecule has 4 nitrogen and oxygen atoms in total. The molecule has 0 unspecified atom stereocenters. The van der Waals surface area contributed by atoms with Gasteiger partial charge in [-0.05, 0) is 116 Å². The molecule has 1 amide bonds. The Kier molecular flexibility index (Phi) is 7.20. The van der Waals surface area contributed by atoms with Crippen LogP contribution < -0.4 is 10.1 Å². The number of anilines is 1. The quantitative estimate of drug-likeness (QED) is 0.314. The van der Waals surface area contributed by atoms with Gasteiger partial charge in [0.15, 0.2) is 5.75 Å². The Hall–Kier alpha value is -1.08. The summed E-state index contributed by atoms with van der Waals surface area (Å²) in [6.45, 7) is 0. The van der Waals surface area contributed by atoms with Gasteiger partial charge in [-0.1, -0.05) is 18.2 Å². The Bertz CT molecular complexity index is 954. The standard InChI is InChI=1S/C20H14I3NO3/c21-15-11-14(6-7-18(15)25)27-20-16(22)8-12(9-17(20)23)10-19(26)24-13-4-2-1-3-5-13/h1-9,11,25H,10H2,(H,24,26). The Morgan fingerprint density at radius 2 is 1.59 bits per heavy atom. The van der Waals surface area contributed by atoms with Crippen molar-refractivity contribution in [1.29, 1.82) is 0 Å². The summed E-state index contributed by atoms with van der Waals surface area (Å²) in [6, 6.07) is 18.4. The number of para-hydroxylation sites is 1. The van der Waals surface area contributed by atoms with Crippen LogP contribution >= 0.6 is 67.8 Å². The van der Waals surface area contributed by atoms with Crippen molar-refractivity contribution in [3.05, 3.63) is 76.9 Å². The van der Waals surface area contributed by atoms with Gasteiger partial charge in [-0.2, -0.15) is 0 Å². The van der Waals surface area contributed by atoms with E-state index in [0.29, 0.717) is 5.75 Å². The van der Waals surface area contributed by atoms with Crippen LogP contribution in [-0.4, -0.2) is 11.0 Å². The number of hydrogen-bond acceptors (Lipinski definition) is 3. The van der Waals surface area contributed by atoms with Gasteiger partial charge >= 0.3 is 0 Å². The maximum Gasteiger partial charge on any atom is 0.228 e. The average molecular weight is 697 g/mol. The predicted molar refractivity (Wildman–Crippen MR) is 132 cm³/mol. The molecule has 0 atom stereocenters. The summed E-state index contributed by atoms with van der Waals surface area (Å²) in [5, 5.41) is 12.5. The van der Waals surface area contributed by atoms with E-state index < -0.39 is 0 Å². The number of phenolic OH excluding ortho intramolecular Hbond substituents is 1. The lowest BCUT2D eigenvalue weighted by Crippen LogP contribution is -2.14. The van der Waals surface area contributed by atoms with Crippen molar-refractivity contribution < 1.29 is 14.6 Å².